The first kappa shape index (κ1) is 21.2. The maximum Gasteiger partial charge on any atom is 0.172 e. The van der Waals surface area contributed by atoms with E-state index in [0.29, 0.717) is 17.3 Å². The molecule has 0 aromatic heterocycles. The summed E-state index contributed by atoms with van der Waals surface area (Å²) in [7, 11) is 1.55. The van der Waals surface area contributed by atoms with Crippen molar-refractivity contribution in [3.05, 3.63) is 76.9 Å². The third-order valence-corrected chi connectivity index (χ3v) is 6.13. The van der Waals surface area contributed by atoms with Crippen LogP contribution in [0.2, 0.25) is 0 Å². The van der Waals surface area contributed by atoms with Crippen LogP contribution in [-0.2, 0) is 6.61 Å². The third kappa shape index (κ3) is 3.55. The summed E-state index contributed by atoms with van der Waals surface area (Å²) in [5.41, 5.74) is 7.54. The van der Waals surface area contributed by atoms with Gasteiger partial charge in [-0.3, -0.25) is 0 Å². The molecule has 2 aliphatic heterocycles. The van der Waals surface area contributed by atoms with Crippen LogP contribution in [0, 0.1) is 0 Å². The van der Waals surface area contributed by atoms with E-state index in [9.17, 15) is 10.2 Å². The molecule has 0 saturated heterocycles. The largest absolute Gasteiger partial charge is 0.504 e. The van der Waals surface area contributed by atoms with Crippen molar-refractivity contribution in [1.82, 2.24) is 0 Å². The van der Waals surface area contributed by atoms with Gasteiger partial charge in [0, 0.05) is 22.4 Å². The second-order valence-corrected chi connectivity index (χ2v) is 9.09. The van der Waals surface area contributed by atoms with Crippen LogP contribution in [0.4, 0.5) is 5.69 Å². The predicted molar refractivity (Wildman–Crippen MR) is 132 cm³/mol. The van der Waals surface area contributed by atoms with E-state index < -0.39 is 0 Å². The molecule has 3 N–H and O–H groups in total. The molecule has 5 rings (SSSR count). The maximum atomic E-state index is 10.5. The number of hydrogen-bond donors (Lipinski definition) is 3. The number of aliphatic hydroxyl groups excluding tert-OH is 1. The van der Waals surface area contributed by atoms with Crippen LogP contribution < -0.4 is 14.8 Å². The number of nitrogens with one attached hydrogen (secondary N) is 1. The molecule has 5 nitrogen and oxygen atoms in total. The minimum absolute atomic E-state index is 0.00575. The number of allylic oxidation sites excluding steroid dienone is 1. The predicted octanol–water partition coefficient (Wildman–Crippen LogP) is 6.06. The summed E-state index contributed by atoms with van der Waals surface area (Å²) in [6.07, 6.45) is 4.23. The van der Waals surface area contributed by atoms with Gasteiger partial charge in [-0.25, -0.2) is 0 Å². The van der Waals surface area contributed by atoms with Gasteiger partial charge >= 0.3 is 0 Å². The monoisotopic (exact) mass is 441 g/mol. The molecule has 0 aliphatic carbocycles. The van der Waals surface area contributed by atoms with Gasteiger partial charge in [-0.05, 0) is 61.7 Å². The average Bonchev–Trinajstić information content (AvgIpc) is 2.78. The number of benzene rings is 3. The van der Waals surface area contributed by atoms with Gasteiger partial charge in [0.15, 0.2) is 11.5 Å². The molecule has 0 fully saturated rings. The highest BCUT2D eigenvalue weighted by Gasteiger charge is 2.33. The lowest BCUT2D eigenvalue weighted by atomic mass is 9.83. The summed E-state index contributed by atoms with van der Waals surface area (Å²) in [4.78, 5) is 0. The Labute approximate surface area is 193 Å². The quantitative estimate of drug-likeness (QED) is 0.461. The number of methoxy groups -OCH3 is 1. The number of fused-ring (bicyclic) bond motifs is 5. The van der Waals surface area contributed by atoms with E-state index in [1.807, 2.05) is 30.3 Å². The highest BCUT2D eigenvalue weighted by molar-refractivity contribution is 6.02. The summed E-state index contributed by atoms with van der Waals surface area (Å²) < 4.78 is 12.0. The van der Waals surface area contributed by atoms with Gasteiger partial charge < -0.3 is 25.0 Å². The zero-order valence-corrected chi connectivity index (χ0v) is 19.2. The summed E-state index contributed by atoms with van der Waals surface area (Å²) in [6, 6.07) is 15.2. The van der Waals surface area contributed by atoms with Gasteiger partial charge in [-0.15, -0.1) is 0 Å². The molecule has 3 aromatic rings. The van der Waals surface area contributed by atoms with Crippen molar-refractivity contribution in [1.29, 1.82) is 0 Å². The number of aliphatic hydroxyl groups is 1. The van der Waals surface area contributed by atoms with Crippen LogP contribution in [-0.4, -0.2) is 22.9 Å². The Hall–Kier alpha value is -3.70. The maximum absolute atomic E-state index is 10.5. The van der Waals surface area contributed by atoms with Crippen molar-refractivity contribution in [3.63, 3.8) is 0 Å². The molecular formula is C28H27NO4. The molecule has 33 heavy (non-hydrogen) atoms. The van der Waals surface area contributed by atoms with Gasteiger partial charge in [-0.2, -0.15) is 0 Å². The number of phenols is 1. The van der Waals surface area contributed by atoms with E-state index in [1.165, 1.54) is 0 Å². The topological polar surface area (TPSA) is 71.0 Å². The molecule has 2 heterocycles. The van der Waals surface area contributed by atoms with Crippen LogP contribution in [0.1, 0.15) is 43.0 Å². The highest BCUT2D eigenvalue weighted by Crippen LogP contribution is 2.54. The van der Waals surface area contributed by atoms with Crippen LogP contribution in [0.5, 0.6) is 17.2 Å². The normalized spacial score (nSPS) is 16.6. The molecule has 0 atom stereocenters. The number of phenolic OH excluding ortho intramolecular Hbond substituents is 1. The van der Waals surface area contributed by atoms with E-state index in [0.717, 1.165) is 44.6 Å². The Morgan fingerprint density at radius 1 is 1.00 bits per heavy atom. The van der Waals surface area contributed by atoms with Crippen molar-refractivity contribution in [2.24, 2.45) is 0 Å². The van der Waals surface area contributed by atoms with Gasteiger partial charge in [0.05, 0.1) is 24.8 Å². The first-order valence-electron chi connectivity index (χ1n) is 11.0. The summed E-state index contributed by atoms with van der Waals surface area (Å²) in [6.45, 7) is 6.41. The van der Waals surface area contributed by atoms with Gasteiger partial charge in [0.1, 0.15) is 11.5 Å². The second kappa shape index (κ2) is 7.71. The lowest BCUT2D eigenvalue weighted by Gasteiger charge is -2.35. The fourth-order valence-electron chi connectivity index (χ4n) is 4.82. The number of ether oxygens (including phenoxy) is 2. The van der Waals surface area contributed by atoms with Gasteiger partial charge in [0.25, 0.3) is 0 Å². The van der Waals surface area contributed by atoms with Crippen molar-refractivity contribution < 1.29 is 19.7 Å². The van der Waals surface area contributed by atoms with Crippen LogP contribution in [0.3, 0.4) is 0 Å². The van der Waals surface area contributed by atoms with E-state index >= 15 is 0 Å². The zero-order valence-electron chi connectivity index (χ0n) is 19.2. The van der Waals surface area contributed by atoms with Crippen LogP contribution in [0.25, 0.3) is 28.5 Å². The summed E-state index contributed by atoms with van der Waals surface area (Å²) in [5, 5.41) is 23.5. The molecule has 168 valence electrons. The SMILES string of the molecule is COc1c(O)ccc2c1-c1ccc3c(c1/C(=C/c1ccc(CO)cc1)O2)C(C)=CC(C)(C)N3. The fourth-order valence-corrected chi connectivity index (χ4v) is 4.82. The van der Waals surface area contributed by atoms with Gasteiger partial charge in [0.2, 0.25) is 0 Å². The average molecular weight is 442 g/mol. The second-order valence-electron chi connectivity index (χ2n) is 9.09. The Bertz CT molecular complexity index is 1320. The minimum atomic E-state index is -0.168. The Morgan fingerprint density at radius 2 is 1.76 bits per heavy atom. The van der Waals surface area contributed by atoms with Crippen molar-refractivity contribution in [3.8, 4) is 28.4 Å². The number of rotatable bonds is 3. The molecule has 0 amide bonds. The summed E-state index contributed by atoms with van der Waals surface area (Å²) >= 11 is 0. The molecule has 3 aromatic carbocycles. The molecule has 0 bridgehead atoms. The smallest absolute Gasteiger partial charge is 0.172 e. The Balaban J connectivity index is 1.80. The lowest BCUT2D eigenvalue weighted by molar-refractivity contribution is 0.282. The van der Waals surface area contributed by atoms with Crippen molar-refractivity contribution in [2.45, 2.75) is 32.9 Å². The number of hydrogen-bond acceptors (Lipinski definition) is 5. The first-order valence-corrected chi connectivity index (χ1v) is 11.0. The molecule has 0 radical (unpaired) electrons. The number of anilines is 1. The van der Waals surface area contributed by atoms with E-state index in [4.69, 9.17) is 9.47 Å². The van der Waals surface area contributed by atoms with Crippen LogP contribution >= 0.6 is 0 Å². The van der Waals surface area contributed by atoms with Crippen molar-refractivity contribution in [2.75, 3.05) is 12.4 Å². The first-order chi connectivity index (χ1) is 15.8. The Morgan fingerprint density at radius 3 is 2.45 bits per heavy atom. The standard InChI is InChI=1S/C28H27NO4/c1-16-14-28(2,3)29-20-10-9-19-25(24(16)20)23(13-17-5-7-18(15-30)8-6-17)33-22-12-11-21(31)27(32-4)26(19)22/h5-14,29-31H,15H2,1-4H3/b23-13-. The van der Waals surface area contributed by atoms with E-state index in [-0.39, 0.29) is 17.9 Å². The number of aromatic hydroxyl groups is 1. The minimum Gasteiger partial charge on any atom is -0.504 e. The Kier molecular flexibility index (Phi) is 4.94. The molecule has 5 heteroatoms. The van der Waals surface area contributed by atoms with Gasteiger partial charge in [-0.1, -0.05) is 36.4 Å². The molecule has 0 unspecified atom stereocenters. The zero-order chi connectivity index (χ0) is 23.3. The molecular weight excluding hydrogens is 414 g/mol. The molecule has 0 saturated carbocycles. The fraction of sp³-hybridized carbons (Fsp3) is 0.214. The molecule has 0 spiro atoms. The lowest BCUT2D eigenvalue weighted by Crippen LogP contribution is -2.32. The highest BCUT2D eigenvalue weighted by atomic mass is 16.5. The van der Waals surface area contributed by atoms with Crippen LogP contribution in [0.15, 0.2) is 54.6 Å². The van der Waals surface area contributed by atoms with Crippen molar-refractivity contribution >= 4 is 23.1 Å². The van der Waals surface area contributed by atoms with E-state index in [1.54, 1.807) is 19.2 Å². The van der Waals surface area contributed by atoms with E-state index in [2.05, 4.69) is 44.3 Å². The summed E-state index contributed by atoms with van der Waals surface area (Å²) in [5.74, 6) is 1.81. The third-order valence-electron chi connectivity index (χ3n) is 6.13. The molecule has 2 aliphatic rings.